The molecule has 0 saturated heterocycles. The number of fused-ring (bicyclic) bond motifs is 1. The molecule has 0 atom stereocenters. The first-order chi connectivity index (χ1) is 11.5. The molecule has 0 unspecified atom stereocenters. The fourth-order valence-corrected chi connectivity index (χ4v) is 2.33. The number of para-hydroxylation sites is 2. The molecule has 122 valence electrons. The lowest BCUT2D eigenvalue weighted by Crippen LogP contribution is -2.43. The molecule has 0 saturated carbocycles. The first-order valence-corrected chi connectivity index (χ1v) is 7.38. The van der Waals surface area contributed by atoms with Crippen molar-refractivity contribution in [2.75, 3.05) is 0 Å². The number of oxazole rings is 1. The Morgan fingerprint density at radius 3 is 2.58 bits per heavy atom. The summed E-state index contributed by atoms with van der Waals surface area (Å²) in [5.41, 5.74) is 6.45. The van der Waals surface area contributed by atoms with Crippen LogP contribution in [0.5, 0.6) is 0 Å². The van der Waals surface area contributed by atoms with Crippen molar-refractivity contribution in [3.05, 3.63) is 70.5 Å². The lowest BCUT2D eigenvalue weighted by atomic mass is 10.2. The average molecular weight is 345 g/mol. The van der Waals surface area contributed by atoms with E-state index in [9.17, 15) is 14.0 Å². The van der Waals surface area contributed by atoms with Crippen LogP contribution in [0.3, 0.4) is 0 Å². The molecule has 0 spiro atoms. The molecule has 1 heterocycles. The summed E-state index contributed by atoms with van der Waals surface area (Å²) >= 11 is 5.10. The van der Waals surface area contributed by atoms with Crippen molar-refractivity contribution in [3.8, 4) is 0 Å². The quantitative estimate of drug-likeness (QED) is 0.558. The van der Waals surface area contributed by atoms with Crippen LogP contribution in [0.4, 0.5) is 4.39 Å². The topological polar surface area (TPSA) is 76.3 Å². The van der Waals surface area contributed by atoms with E-state index in [4.69, 9.17) is 16.6 Å². The lowest BCUT2D eigenvalue weighted by Gasteiger charge is -2.10. The molecule has 3 rings (SSSR count). The molecule has 0 bridgehead atoms. The number of hydrogen-bond donors (Lipinski definition) is 2. The van der Waals surface area contributed by atoms with Gasteiger partial charge in [0.05, 0.1) is 5.52 Å². The third-order valence-corrected chi connectivity index (χ3v) is 3.64. The molecule has 2 N–H and O–H groups in total. The van der Waals surface area contributed by atoms with Gasteiger partial charge in [-0.3, -0.25) is 20.2 Å². The highest BCUT2D eigenvalue weighted by molar-refractivity contribution is 7.80. The molecule has 1 amide bonds. The standard InChI is InChI=1S/C16H12FN3O3S/c17-11-7-5-10(6-8-11)15(24)19-18-14(21)9-20-12-3-1-2-4-13(12)23-16(20)22/h1-8H,9H2,(H,18,21)(H,19,24). The number of thiocarbonyl (C=S) groups is 1. The van der Waals surface area contributed by atoms with Gasteiger partial charge in [-0.25, -0.2) is 9.18 Å². The van der Waals surface area contributed by atoms with E-state index in [0.717, 1.165) is 0 Å². The van der Waals surface area contributed by atoms with Gasteiger partial charge in [0, 0.05) is 5.56 Å². The minimum absolute atomic E-state index is 0.227. The highest BCUT2D eigenvalue weighted by atomic mass is 32.1. The van der Waals surface area contributed by atoms with Crippen LogP contribution in [0.1, 0.15) is 5.56 Å². The summed E-state index contributed by atoms with van der Waals surface area (Å²) < 4.78 is 19.1. The summed E-state index contributed by atoms with van der Waals surface area (Å²) in [5.74, 6) is -1.47. The summed E-state index contributed by atoms with van der Waals surface area (Å²) in [6, 6.07) is 12.3. The first-order valence-electron chi connectivity index (χ1n) is 6.98. The number of hydrazine groups is 1. The van der Waals surface area contributed by atoms with Gasteiger partial charge in [0.25, 0.3) is 5.91 Å². The van der Waals surface area contributed by atoms with Gasteiger partial charge < -0.3 is 4.42 Å². The van der Waals surface area contributed by atoms with E-state index in [1.54, 1.807) is 24.3 Å². The molecule has 2 aromatic carbocycles. The number of halogens is 1. The van der Waals surface area contributed by atoms with Crippen LogP contribution >= 0.6 is 12.2 Å². The molecule has 0 radical (unpaired) electrons. The summed E-state index contributed by atoms with van der Waals surface area (Å²) in [6.07, 6.45) is 0. The maximum absolute atomic E-state index is 12.9. The van der Waals surface area contributed by atoms with Crippen LogP contribution in [0.25, 0.3) is 11.1 Å². The summed E-state index contributed by atoms with van der Waals surface area (Å²) in [4.78, 5) is 24.0. The molecule has 0 fully saturated rings. The normalized spacial score (nSPS) is 10.5. The van der Waals surface area contributed by atoms with Crippen LogP contribution in [0, 0.1) is 5.82 Å². The van der Waals surface area contributed by atoms with Gasteiger partial charge in [-0.15, -0.1) is 0 Å². The predicted molar refractivity (Wildman–Crippen MR) is 89.9 cm³/mol. The average Bonchev–Trinajstić information content (AvgIpc) is 2.89. The maximum atomic E-state index is 12.9. The molecular formula is C16H12FN3O3S. The van der Waals surface area contributed by atoms with Gasteiger partial charge in [0.2, 0.25) is 0 Å². The second-order valence-corrected chi connectivity index (χ2v) is 5.34. The molecule has 1 aromatic heterocycles. The Bertz CT molecular complexity index is 963. The van der Waals surface area contributed by atoms with Gasteiger partial charge in [-0.1, -0.05) is 24.4 Å². The van der Waals surface area contributed by atoms with Crippen molar-refractivity contribution in [3.63, 3.8) is 0 Å². The Morgan fingerprint density at radius 1 is 1.12 bits per heavy atom. The Kier molecular flexibility index (Phi) is 4.39. The molecule has 6 nitrogen and oxygen atoms in total. The van der Waals surface area contributed by atoms with Crippen LogP contribution in [0.2, 0.25) is 0 Å². The Balaban J connectivity index is 1.65. The zero-order valence-corrected chi connectivity index (χ0v) is 13.1. The SMILES string of the molecule is O=C(Cn1c(=O)oc2ccccc21)NNC(=S)c1ccc(F)cc1. The van der Waals surface area contributed by atoms with Gasteiger partial charge in [-0.05, 0) is 36.4 Å². The van der Waals surface area contributed by atoms with Gasteiger partial charge in [0.15, 0.2) is 5.58 Å². The van der Waals surface area contributed by atoms with E-state index in [1.807, 2.05) is 0 Å². The van der Waals surface area contributed by atoms with Crippen molar-refractivity contribution in [2.24, 2.45) is 0 Å². The largest absolute Gasteiger partial charge is 0.420 e. The van der Waals surface area contributed by atoms with E-state index >= 15 is 0 Å². The third-order valence-electron chi connectivity index (χ3n) is 3.30. The maximum Gasteiger partial charge on any atom is 0.420 e. The Morgan fingerprint density at radius 2 is 1.83 bits per heavy atom. The van der Waals surface area contributed by atoms with Gasteiger partial charge in [0.1, 0.15) is 17.4 Å². The molecule has 24 heavy (non-hydrogen) atoms. The number of carbonyl (C=O) groups is 1. The Hall–Kier alpha value is -3.00. The van der Waals surface area contributed by atoms with Crippen LogP contribution in [-0.2, 0) is 11.3 Å². The minimum atomic E-state index is -0.618. The number of hydrogen-bond acceptors (Lipinski definition) is 4. The number of rotatable bonds is 3. The monoisotopic (exact) mass is 345 g/mol. The van der Waals surface area contributed by atoms with Gasteiger partial charge >= 0.3 is 5.76 Å². The molecule has 0 aliphatic rings. The van der Waals surface area contributed by atoms with Crippen LogP contribution in [0.15, 0.2) is 57.7 Å². The molecule has 0 aliphatic carbocycles. The zero-order valence-electron chi connectivity index (χ0n) is 12.3. The van der Waals surface area contributed by atoms with Crippen LogP contribution in [-0.4, -0.2) is 15.5 Å². The van der Waals surface area contributed by atoms with Crippen molar-refractivity contribution >= 4 is 34.2 Å². The summed E-state index contributed by atoms with van der Waals surface area (Å²) in [5, 5.41) is 0. The van der Waals surface area contributed by atoms with Crippen molar-refractivity contribution < 1.29 is 13.6 Å². The molecule has 8 heteroatoms. The first kappa shape index (κ1) is 15.9. The number of aromatic nitrogens is 1. The van der Waals surface area contributed by atoms with Crippen molar-refractivity contribution in [1.29, 1.82) is 0 Å². The highest BCUT2D eigenvalue weighted by Gasteiger charge is 2.12. The number of benzene rings is 2. The number of nitrogens with one attached hydrogen (secondary N) is 2. The predicted octanol–water partition coefficient (Wildman–Crippen LogP) is 1.73. The van der Waals surface area contributed by atoms with Crippen LogP contribution < -0.4 is 16.6 Å². The van der Waals surface area contributed by atoms with Gasteiger partial charge in [-0.2, -0.15) is 0 Å². The van der Waals surface area contributed by atoms with E-state index in [-0.39, 0.29) is 17.4 Å². The summed E-state index contributed by atoms with van der Waals surface area (Å²) in [6.45, 7) is -0.227. The fraction of sp³-hybridized carbons (Fsp3) is 0.0625. The van der Waals surface area contributed by atoms with E-state index in [2.05, 4.69) is 10.9 Å². The smallest absolute Gasteiger partial charge is 0.408 e. The highest BCUT2D eigenvalue weighted by Crippen LogP contribution is 2.11. The minimum Gasteiger partial charge on any atom is -0.408 e. The fourth-order valence-electron chi connectivity index (χ4n) is 2.15. The Labute approximate surface area is 140 Å². The molecule has 0 aliphatic heterocycles. The molecular weight excluding hydrogens is 333 g/mol. The second kappa shape index (κ2) is 6.63. The summed E-state index contributed by atoms with van der Waals surface area (Å²) in [7, 11) is 0. The number of nitrogens with zero attached hydrogens (tertiary/aromatic N) is 1. The second-order valence-electron chi connectivity index (χ2n) is 4.93. The van der Waals surface area contributed by atoms with Crippen molar-refractivity contribution in [2.45, 2.75) is 6.54 Å². The van der Waals surface area contributed by atoms with Crippen molar-refractivity contribution in [1.82, 2.24) is 15.4 Å². The number of amides is 1. The zero-order chi connectivity index (χ0) is 17.1. The third kappa shape index (κ3) is 3.33. The lowest BCUT2D eigenvalue weighted by molar-refractivity contribution is -0.122. The number of carbonyl (C=O) groups excluding carboxylic acids is 1. The van der Waals surface area contributed by atoms with E-state index in [0.29, 0.717) is 16.7 Å². The van der Waals surface area contributed by atoms with E-state index < -0.39 is 11.7 Å². The van der Waals surface area contributed by atoms with E-state index in [1.165, 1.54) is 28.8 Å². The molecule has 3 aromatic rings.